The number of benzene rings is 2. The van der Waals surface area contributed by atoms with Crippen LogP contribution in [-0.2, 0) is 9.59 Å². The summed E-state index contributed by atoms with van der Waals surface area (Å²) in [7, 11) is 0. The van der Waals surface area contributed by atoms with Gasteiger partial charge >= 0.3 is 11.8 Å². The van der Waals surface area contributed by atoms with Gasteiger partial charge in [0.15, 0.2) is 0 Å². The number of nitrogens with zero attached hydrogens (tertiary/aromatic N) is 2. The zero-order valence-corrected chi connectivity index (χ0v) is 19.1. The molecule has 2 N–H and O–H groups in total. The van der Waals surface area contributed by atoms with Gasteiger partial charge < -0.3 is 9.88 Å². The average molecular weight is 508 g/mol. The number of para-hydroxylation sites is 1. The number of hydrogen-bond donors (Lipinski definition) is 2. The molecule has 6 nitrogen and oxygen atoms in total. The van der Waals surface area contributed by atoms with Crippen LogP contribution in [0.4, 0.5) is 5.69 Å². The lowest BCUT2D eigenvalue weighted by molar-refractivity contribution is -0.136. The molecule has 0 saturated carbocycles. The molecule has 9 heteroatoms. The number of nitrogens with one attached hydrogen (secondary N) is 2. The number of rotatable bonds is 4. The number of carbonyl (C=O) groups is 2. The molecule has 2 amide bonds. The minimum Gasteiger partial charge on any atom is -0.318 e. The lowest BCUT2D eigenvalue weighted by Crippen LogP contribution is -2.32. The number of amides is 2. The van der Waals surface area contributed by atoms with Crippen LogP contribution < -0.4 is 10.7 Å². The summed E-state index contributed by atoms with van der Waals surface area (Å²) in [6.45, 7) is 3.86. The molecule has 0 bridgehead atoms. The zero-order chi connectivity index (χ0) is 21.8. The van der Waals surface area contributed by atoms with E-state index in [-0.39, 0.29) is 0 Å². The zero-order valence-electron chi connectivity index (χ0n) is 16.0. The third-order valence-corrected chi connectivity index (χ3v) is 5.76. The van der Waals surface area contributed by atoms with Crippen LogP contribution in [0.1, 0.15) is 17.0 Å². The first-order valence-corrected chi connectivity index (χ1v) is 10.4. The van der Waals surface area contributed by atoms with E-state index in [2.05, 4.69) is 31.8 Å². The Bertz CT molecular complexity index is 1160. The van der Waals surface area contributed by atoms with E-state index in [0.717, 1.165) is 22.6 Å². The van der Waals surface area contributed by atoms with Crippen molar-refractivity contribution in [1.29, 1.82) is 0 Å². The molecule has 0 saturated heterocycles. The quantitative estimate of drug-likeness (QED) is 0.287. The Kier molecular flexibility index (Phi) is 6.97. The molecule has 2 aromatic carbocycles. The SMILES string of the molecule is Cc1cc(/C=N\NC(=O)C(=O)Nc2ccccc2Br)c(C)n1-c1ccc(Cl)c(Cl)c1. The molecule has 1 heterocycles. The second-order valence-corrected chi connectivity index (χ2v) is 8.06. The van der Waals surface area contributed by atoms with Crippen molar-refractivity contribution in [3.8, 4) is 5.69 Å². The standard InChI is InChI=1S/C21H17BrCl2N4O2/c1-12-9-14(13(2)28(12)15-7-8-17(23)18(24)10-15)11-25-27-21(30)20(29)26-19-6-4-3-5-16(19)22/h3-11H,1-2H3,(H,26,29)(H,27,30)/b25-11-. The number of carbonyl (C=O) groups excluding carboxylic acids is 2. The molecule has 0 aliphatic carbocycles. The van der Waals surface area contributed by atoms with Crippen molar-refractivity contribution in [3.63, 3.8) is 0 Å². The molecular weight excluding hydrogens is 491 g/mol. The van der Waals surface area contributed by atoms with E-state index in [9.17, 15) is 9.59 Å². The lowest BCUT2D eigenvalue weighted by Gasteiger charge is -2.10. The summed E-state index contributed by atoms with van der Waals surface area (Å²) in [6, 6.07) is 14.3. The number of aromatic nitrogens is 1. The monoisotopic (exact) mass is 506 g/mol. The molecule has 0 fully saturated rings. The fourth-order valence-corrected chi connectivity index (χ4v) is 3.57. The van der Waals surface area contributed by atoms with E-state index < -0.39 is 11.8 Å². The van der Waals surface area contributed by atoms with Gasteiger partial charge in [0, 0.05) is 27.1 Å². The molecule has 30 heavy (non-hydrogen) atoms. The molecule has 0 spiro atoms. The summed E-state index contributed by atoms with van der Waals surface area (Å²) < 4.78 is 2.66. The topological polar surface area (TPSA) is 75.5 Å². The summed E-state index contributed by atoms with van der Waals surface area (Å²) in [4.78, 5) is 24.0. The molecule has 154 valence electrons. The smallest absolute Gasteiger partial charge is 0.318 e. The van der Waals surface area contributed by atoms with Crippen molar-refractivity contribution in [1.82, 2.24) is 9.99 Å². The van der Waals surface area contributed by atoms with E-state index in [1.807, 2.05) is 30.5 Å². The van der Waals surface area contributed by atoms with E-state index in [1.165, 1.54) is 6.21 Å². The number of aryl methyl sites for hydroxylation is 1. The number of hydrazone groups is 1. The normalized spacial score (nSPS) is 11.0. The van der Waals surface area contributed by atoms with Gasteiger partial charge in [-0.2, -0.15) is 5.10 Å². The van der Waals surface area contributed by atoms with Crippen molar-refractivity contribution in [2.45, 2.75) is 13.8 Å². The van der Waals surface area contributed by atoms with Gasteiger partial charge in [0.1, 0.15) is 0 Å². The van der Waals surface area contributed by atoms with Crippen LogP contribution in [0.15, 0.2) is 58.1 Å². The maximum atomic E-state index is 12.0. The maximum absolute atomic E-state index is 12.0. The van der Waals surface area contributed by atoms with E-state index >= 15 is 0 Å². The molecule has 0 aliphatic heterocycles. The van der Waals surface area contributed by atoms with Gasteiger partial charge in [-0.1, -0.05) is 35.3 Å². The number of hydrogen-bond acceptors (Lipinski definition) is 3. The van der Waals surface area contributed by atoms with E-state index in [4.69, 9.17) is 23.2 Å². The Labute approximate surface area is 192 Å². The van der Waals surface area contributed by atoms with Gasteiger partial charge in [0.25, 0.3) is 0 Å². The first-order valence-electron chi connectivity index (χ1n) is 8.81. The van der Waals surface area contributed by atoms with Gasteiger partial charge in [0.05, 0.1) is 21.9 Å². The van der Waals surface area contributed by atoms with Crippen LogP contribution >= 0.6 is 39.1 Å². The van der Waals surface area contributed by atoms with Crippen molar-refractivity contribution < 1.29 is 9.59 Å². The largest absolute Gasteiger partial charge is 0.329 e. The molecule has 0 unspecified atom stereocenters. The maximum Gasteiger partial charge on any atom is 0.329 e. The van der Waals surface area contributed by atoms with Crippen LogP contribution in [-0.4, -0.2) is 22.6 Å². The molecular formula is C21H17BrCl2N4O2. The van der Waals surface area contributed by atoms with Gasteiger partial charge in [-0.25, -0.2) is 5.43 Å². The van der Waals surface area contributed by atoms with Crippen molar-refractivity contribution in [2.75, 3.05) is 5.32 Å². The van der Waals surface area contributed by atoms with Gasteiger partial charge in [0.2, 0.25) is 0 Å². The summed E-state index contributed by atoms with van der Waals surface area (Å²) in [5.74, 6) is -1.69. The fourth-order valence-electron chi connectivity index (χ4n) is 2.89. The molecule has 0 radical (unpaired) electrons. The Morgan fingerprint density at radius 2 is 1.77 bits per heavy atom. The minimum atomic E-state index is -0.875. The van der Waals surface area contributed by atoms with Gasteiger partial charge in [-0.3, -0.25) is 9.59 Å². The second-order valence-electron chi connectivity index (χ2n) is 6.39. The minimum absolute atomic E-state index is 0.459. The Morgan fingerprint density at radius 1 is 1.03 bits per heavy atom. The summed E-state index contributed by atoms with van der Waals surface area (Å²) >= 11 is 15.4. The van der Waals surface area contributed by atoms with Crippen molar-refractivity contribution in [3.05, 3.63) is 80.0 Å². The Morgan fingerprint density at radius 3 is 2.47 bits per heavy atom. The highest BCUT2D eigenvalue weighted by Gasteiger charge is 2.15. The van der Waals surface area contributed by atoms with Crippen LogP contribution in [0.2, 0.25) is 10.0 Å². The van der Waals surface area contributed by atoms with Crippen LogP contribution in [0.25, 0.3) is 5.69 Å². The molecule has 3 rings (SSSR count). The Balaban J connectivity index is 1.70. The van der Waals surface area contributed by atoms with Gasteiger partial charge in [-0.05, 0) is 66.2 Å². The number of anilines is 1. The molecule has 0 aliphatic rings. The van der Waals surface area contributed by atoms with Crippen LogP contribution in [0.3, 0.4) is 0 Å². The van der Waals surface area contributed by atoms with Crippen molar-refractivity contribution >= 4 is 62.8 Å². The fraction of sp³-hybridized carbons (Fsp3) is 0.0952. The molecule has 0 atom stereocenters. The predicted octanol–water partition coefficient (Wildman–Crippen LogP) is 5.25. The van der Waals surface area contributed by atoms with Crippen molar-refractivity contribution in [2.24, 2.45) is 5.10 Å². The van der Waals surface area contributed by atoms with E-state index in [0.29, 0.717) is 20.2 Å². The van der Waals surface area contributed by atoms with Gasteiger partial charge in [-0.15, -0.1) is 0 Å². The van der Waals surface area contributed by atoms with E-state index in [1.54, 1.807) is 36.4 Å². The third kappa shape index (κ3) is 4.92. The predicted molar refractivity (Wildman–Crippen MR) is 124 cm³/mol. The number of halogens is 3. The summed E-state index contributed by atoms with van der Waals surface area (Å²) in [6.07, 6.45) is 1.49. The van der Waals surface area contributed by atoms with Crippen LogP contribution in [0, 0.1) is 13.8 Å². The molecule has 1 aromatic heterocycles. The first-order chi connectivity index (χ1) is 14.3. The van der Waals surface area contributed by atoms with Crippen LogP contribution in [0.5, 0.6) is 0 Å². The molecule has 3 aromatic rings. The highest BCUT2D eigenvalue weighted by atomic mass is 79.9. The average Bonchev–Trinajstić information content (AvgIpc) is 2.99. The lowest BCUT2D eigenvalue weighted by atomic mass is 10.2. The highest BCUT2D eigenvalue weighted by molar-refractivity contribution is 9.10. The second kappa shape index (κ2) is 9.47. The third-order valence-electron chi connectivity index (χ3n) is 4.33. The summed E-state index contributed by atoms with van der Waals surface area (Å²) in [5, 5.41) is 7.36. The Hall–Kier alpha value is -2.61. The highest BCUT2D eigenvalue weighted by Crippen LogP contribution is 2.27. The summed E-state index contributed by atoms with van der Waals surface area (Å²) in [5.41, 5.74) is 6.21. The first kappa shape index (κ1) is 22.1.